The number of ether oxygens (including phenoxy) is 4. The van der Waals surface area contributed by atoms with Crippen molar-refractivity contribution in [2.75, 3.05) is 62.0 Å². The standard InChI is InChI=1S/C27H33N9O9.C20H30N8O5.C13H23N7O5.C13H8N2O7.C7H9NO.CH3Cl.P2S2.6H2S/c1-16(2)23(34-22(37)14-31-35-29)25(39)33-21(4-3-13-30-26(28)40)24(38)32-18-7-5-17(6-8-18)15-44-27(41)45-20-11-9-19(10-12-20)36(42)43;1-12(2)17(27-16(30)10-24-28-22)19(32)26-15(4-3-9-23-20(21)33)18(31)25-14-7-5-13(11-29)6-8-14;1-7(2)10(19-9(21)6-17-20-15)11(22)18-8(12(23)24)4-3-5-16-13(14)25;16-13(21-11-5-1-9(2-6-11)14(17)18)22-12-7-3-10(4-8-12)15(19)20;8-7-3-1-6(5-9)2-4-7;1-2;3-1-2-4;;;;;;/h5-12,16,21,23H,3-4,13-15H2,1-2H3,(H,32,38)(H,33,39)(H,34,37)(H3,28,30,40);5-8,12,15,17,29H,3-4,9-11H2,1-2H3,(H,25,31)(H,26,32)(H,27,30)(H3,21,23,33);7-8,10H,3-6H2,1-2H3,(H,18,22)(H,19,21)(H,23,24)(H3,14,16,25);1-8H;1-4,9H,5,8H2;1H3;;6*1H2/t21-,23-;15-,17-;8-,10-;;;;;;;;;;/m000........../s1. The lowest BCUT2D eigenvalue weighted by atomic mass is 10.0. The molecular formula is C81H118ClN27O27P2S8. The number of carboxylic acids is 1. The first-order valence-corrected chi connectivity index (χ1v) is 46.2. The summed E-state index contributed by atoms with van der Waals surface area (Å²) in [5, 5.41) is 95.5. The third kappa shape index (κ3) is 66.2. The van der Waals surface area contributed by atoms with Crippen LogP contribution in [0.1, 0.15) is 96.8 Å². The van der Waals surface area contributed by atoms with Gasteiger partial charge in [0.2, 0.25) is 47.3 Å². The number of carboxylic acid groups (broad SMARTS) is 1. The highest BCUT2D eigenvalue weighted by molar-refractivity contribution is 8.40. The first-order valence-electron chi connectivity index (χ1n) is 41.0. The van der Waals surface area contributed by atoms with Crippen molar-refractivity contribution in [3.63, 3.8) is 0 Å². The molecule has 0 unspecified atom stereocenters. The predicted molar refractivity (Wildman–Crippen MR) is 578 cm³/mol. The molecule has 0 aliphatic carbocycles. The molecule has 146 heavy (non-hydrogen) atoms. The molecule has 6 rings (SSSR count). The molecule has 0 saturated carbocycles. The number of nitro benzene ring substituents is 3. The van der Waals surface area contributed by atoms with E-state index in [9.17, 15) is 103 Å². The molecule has 6 aromatic carbocycles. The Labute approximate surface area is 895 Å². The second kappa shape index (κ2) is 84.5. The Morgan fingerprint density at radius 1 is 0.411 bits per heavy atom. The highest BCUT2D eigenvalue weighted by Gasteiger charge is 2.33. The number of nitrogens with one attached hydrogen (secondary N) is 11. The number of aliphatic carboxylic acids is 1. The van der Waals surface area contributed by atoms with Crippen LogP contribution in [0.5, 0.6) is 17.2 Å². The SMILES string of the molecule is CC(C)[C@H](NC(=O)CN=[N+]=[N-])C(=O)N[C@@H](CCCNC(N)=O)C(=O)Nc1ccc(CO)cc1.CC(C)[C@H](NC(=O)CN=[N+]=[N-])C(=O)N[C@@H](CCCNC(N)=O)C(=O)Nc1ccc(COC(=O)Oc2ccc([N+](=O)[O-])cc2)cc1.CC(C)[C@H](NC(=O)CN=[N+]=[N-])C(=O)N[C@@H](CCCNC(N)=O)C(=O)O.CCl.Nc1ccc(CO)cc1.O=C(Oc1ccc([N+](=O)[O-])cc1)Oc1ccc([N+](=O)[O-])cc1.S.S.S.S.S.S.S=PP=S. The fourth-order valence-corrected chi connectivity index (χ4v) is 10.5. The fourth-order valence-electron chi connectivity index (χ4n) is 10.5. The number of carbonyl (C=O) groups excluding carboxylic acids is 13. The number of amides is 14. The van der Waals surface area contributed by atoms with Crippen molar-refractivity contribution < 1.29 is 116 Å². The molecule has 14 amide bonds. The van der Waals surface area contributed by atoms with E-state index in [1.165, 1.54) is 79.2 Å². The summed E-state index contributed by atoms with van der Waals surface area (Å²) >= 11 is 13.5. The minimum atomic E-state index is -1.24. The average Bonchev–Trinajstić information content (AvgIpc) is 0.888. The van der Waals surface area contributed by atoms with Gasteiger partial charge in [0.1, 0.15) is 79.7 Å². The molecule has 22 N–H and O–H groups in total. The molecule has 0 aliphatic rings. The zero-order valence-electron chi connectivity index (χ0n) is 79.1. The lowest BCUT2D eigenvalue weighted by Gasteiger charge is -2.25. The van der Waals surface area contributed by atoms with Gasteiger partial charge in [-0.2, -0.15) is 81.0 Å². The van der Waals surface area contributed by atoms with E-state index in [1.807, 2.05) is 0 Å². The van der Waals surface area contributed by atoms with Crippen LogP contribution in [0.2, 0.25) is 0 Å². The Morgan fingerprint density at radius 3 is 0.918 bits per heavy atom. The van der Waals surface area contributed by atoms with Crippen molar-refractivity contribution in [1.29, 1.82) is 0 Å². The van der Waals surface area contributed by atoms with Gasteiger partial charge in [-0.05, 0) is 186 Å². The van der Waals surface area contributed by atoms with Crippen LogP contribution < -0.4 is 95.6 Å². The molecule has 0 radical (unpaired) electrons. The molecule has 6 aromatic rings. The van der Waals surface area contributed by atoms with Crippen LogP contribution in [0, 0.1) is 48.1 Å². The summed E-state index contributed by atoms with van der Waals surface area (Å²) in [4.78, 5) is 204. The number of nitrogens with two attached hydrogens (primary N) is 4. The van der Waals surface area contributed by atoms with Crippen LogP contribution in [0.25, 0.3) is 31.3 Å². The number of nitrogen functional groups attached to an aromatic ring is 1. The van der Waals surface area contributed by atoms with Gasteiger partial charge >= 0.3 is 36.4 Å². The van der Waals surface area contributed by atoms with E-state index in [2.05, 4.69) is 124 Å². The lowest BCUT2D eigenvalue weighted by Crippen LogP contribution is -2.55. The number of benzene rings is 6. The number of aliphatic hydroxyl groups is 2. The van der Waals surface area contributed by atoms with Crippen molar-refractivity contribution >= 4 is 248 Å². The van der Waals surface area contributed by atoms with Crippen LogP contribution in [0.3, 0.4) is 0 Å². The maximum atomic E-state index is 13.2. The van der Waals surface area contributed by atoms with Crippen LogP contribution >= 0.6 is 107 Å². The van der Waals surface area contributed by atoms with Gasteiger partial charge in [0.05, 0.1) is 28.0 Å². The largest absolute Gasteiger partial charge is 0.519 e. The fraction of sp³-hybridized carbons (Fsp3) is 0.383. The molecule has 0 aromatic heterocycles. The van der Waals surface area contributed by atoms with Gasteiger partial charge < -0.3 is 116 Å². The molecule has 0 aliphatic heterocycles. The van der Waals surface area contributed by atoms with Crippen molar-refractivity contribution in [1.82, 2.24) is 47.9 Å². The Kier molecular flexibility index (Phi) is 84.0. The minimum absolute atomic E-state index is 0. The van der Waals surface area contributed by atoms with E-state index >= 15 is 0 Å². The first-order chi connectivity index (χ1) is 66.4. The van der Waals surface area contributed by atoms with Gasteiger partial charge in [-0.15, -0.1) is 11.6 Å². The molecule has 0 heterocycles. The predicted octanol–water partition coefficient (Wildman–Crippen LogP) is 9.68. The molecule has 65 heteroatoms. The number of alkyl halides is 1. The van der Waals surface area contributed by atoms with E-state index < -0.39 is 154 Å². The summed E-state index contributed by atoms with van der Waals surface area (Å²) in [5.74, 6) is -6.97. The number of azide groups is 3. The highest BCUT2D eigenvalue weighted by Crippen LogP contribution is 2.24. The number of carbonyl (C=O) groups is 14. The first kappa shape index (κ1) is 145. The van der Waals surface area contributed by atoms with E-state index in [1.54, 1.807) is 114 Å². The van der Waals surface area contributed by atoms with E-state index in [-0.39, 0.29) is 205 Å². The second-order valence-electron chi connectivity index (χ2n) is 28.8. The molecule has 0 bridgehead atoms. The Morgan fingerprint density at radius 2 is 0.671 bits per heavy atom. The molecule has 0 saturated heterocycles. The smallest absolute Gasteiger partial charge is 0.480 e. The topological polar surface area (TPSA) is 849 Å². The molecule has 6 atom stereocenters. The van der Waals surface area contributed by atoms with Gasteiger partial charge in [-0.1, -0.05) is 93.3 Å². The van der Waals surface area contributed by atoms with Crippen LogP contribution in [0.15, 0.2) is 161 Å². The maximum absolute atomic E-state index is 13.2. The average molecular weight is 2260 g/mol. The number of non-ortho nitro benzene ring substituents is 3. The quantitative estimate of drug-likeness (QED) is 0.00144. The van der Waals surface area contributed by atoms with Crippen LogP contribution in [0.4, 0.5) is 58.1 Å². The molecule has 0 fully saturated rings. The van der Waals surface area contributed by atoms with Crippen LogP contribution in [-0.4, -0.2) is 196 Å². The molecule has 54 nitrogen and oxygen atoms in total. The number of hydrogen-bond donors (Lipinski definition) is 18. The van der Waals surface area contributed by atoms with Gasteiger partial charge in [0.15, 0.2) is 0 Å². The number of nitro groups is 3. The Hall–Kier alpha value is -13.8. The number of urea groups is 3. The lowest BCUT2D eigenvalue weighted by molar-refractivity contribution is -0.385. The summed E-state index contributed by atoms with van der Waals surface area (Å²) in [5.41, 5.74) is 48.6. The summed E-state index contributed by atoms with van der Waals surface area (Å²) in [6.07, 6.45) is 0.655. The van der Waals surface area contributed by atoms with Crippen molar-refractivity contribution in [2.45, 2.75) is 136 Å². The molecule has 0 spiro atoms. The van der Waals surface area contributed by atoms with Crippen molar-refractivity contribution in [3.05, 3.63) is 224 Å². The number of rotatable bonds is 46. The third-order valence-electron chi connectivity index (χ3n) is 17.3. The number of halogens is 1. The number of hydrogen-bond acceptors (Lipinski definition) is 32. The van der Waals surface area contributed by atoms with Gasteiger partial charge in [-0.3, -0.25) is 68.7 Å². The van der Waals surface area contributed by atoms with Crippen molar-refractivity contribution in [2.24, 2.45) is 50.3 Å². The maximum Gasteiger partial charge on any atom is 0.519 e. The summed E-state index contributed by atoms with van der Waals surface area (Å²) in [6, 6.07) is 26.1. The summed E-state index contributed by atoms with van der Waals surface area (Å²) < 4.78 is 19.7. The van der Waals surface area contributed by atoms with Crippen LogP contribution in [-0.2, 0) is 91.3 Å². The van der Waals surface area contributed by atoms with E-state index in [0.717, 1.165) is 25.3 Å². The number of primary amides is 3. The van der Waals surface area contributed by atoms with Gasteiger partial charge in [0, 0.05) is 108 Å². The normalized spacial score (nSPS) is 10.8. The second-order valence-corrected chi connectivity index (χ2v) is 33.0. The highest BCUT2D eigenvalue weighted by atomic mass is 35.5. The summed E-state index contributed by atoms with van der Waals surface area (Å²) in [7, 11) is 1.74. The molecule has 804 valence electrons. The van der Waals surface area contributed by atoms with E-state index in [4.69, 9.17) is 68.7 Å². The Balaban J connectivity index is -0.000000341. The zero-order chi connectivity index (χ0) is 106. The molecular weight excluding hydrogens is 2140 g/mol. The number of nitrogens with zero attached hydrogens (tertiary/aromatic N) is 12. The van der Waals surface area contributed by atoms with Gasteiger partial charge in [-0.25, -0.2) is 28.8 Å². The number of anilines is 3. The third-order valence-corrected chi connectivity index (χ3v) is 20.0. The summed E-state index contributed by atoms with van der Waals surface area (Å²) in [6.45, 7) is 9.01. The zero-order valence-corrected chi connectivity index (χ0v) is 89.2. The van der Waals surface area contributed by atoms with E-state index in [0.29, 0.717) is 28.9 Å². The Bertz CT molecular complexity index is 5190. The minimum Gasteiger partial charge on any atom is -0.480 e. The van der Waals surface area contributed by atoms with Gasteiger partial charge in [0.25, 0.3) is 17.1 Å². The monoisotopic (exact) mass is 2250 g/mol. The van der Waals surface area contributed by atoms with Crippen molar-refractivity contribution in [3.8, 4) is 17.2 Å². The number of aliphatic hydroxyl groups excluding tert-OH is 2.